The second kappa shape index (κ2) is 19.1. The zero-order chi connectivity index (χ0) is 38.8. The monoisotopic (exact) mass is 759 g/mol. The summed E-state index contributed by atoms with van der Waals surface area (Å²) in [5.41, 5.74) is 3.92. The van der Waals surface area contributed by atoms with E-state index in [9.17, 15) is 15.0 Å². The van der Waals surface area contributed by atoms with E-state index < -0.39 is 12.0 Å². The van der Waals surface area contributed by atoms with Crippen molar-refractivity contribution < 1.29 is 34.1 Å². The number of hydrogen-bond donors (Lipinski definition) is 4. The van der Waals surface area contributed by atoms with E-state index in [1.807, 2.05) is 60.8 Å². The molecule has 7 rings (SSSR count). The van der Waals surface area contributed by atoms with Crippen molar-refractivity contribution in [1.29, 1.82) is 0 Å². The first-order valence-corrected chi connectivity index (χ1v) is 19.1. The van der Waals surface area contributed by atoms with Crippen molar-refractivity contribution in [2.75, 3.05) is 54.9 Å². The summed E-state index contributed by atoms with van der Waals surface area (Å²) < 4.78 is 12.5. The highest BCUT2D eigenvalue weighted by Crippen LogP contribution is 2.51. The molecule has 2 bridgehead atoms. The van der Waals surface area contributed by atoms with Crippen molar-refractivity contribution >= 4 is 17.6 Å². The molecule has 0 saturated carbocycles. The second-order valence-corrected chi connectivity index (χ2v) is 15.6. The molecular formula is C43H56ClN4O6+. The number of carbonyl (C=O) groups is 1. The van der Waals surface area contributed by atoms with Gasteiger partial charge < -0.3 is 39.5 Å². The fourth-order valence-corrected chi connectivity index (χ4v) is 7.87. The zero-order valence-corrected chi connectivity index (χ0v) is 32.7. The Kier molecular flexibility index (Phi) is 14.6. The molecule has 54 heavy (non-hydrogen) atoms. The van der Waals surface area contributed by atoms with E-state index in [0.29, 0.717) is 36.8 Å². The minimum atomic E-state index is -0.593. The number of aromatic nitrogens is 1. The summed E-state index contributed by atoms with van der Waals surface area (Å²) in [6.07, 6.45) is 4.69. The van der Waals surface area contributed by atoms with Gasteiger partial charge in [-0.3, -0.25) is 9.78 Å². The summed E-state index contributed by atoms with van der Waals surface area (Å²) in [5, 5.41) is 31.8. The summed E-state index contributed by atoms with van der Waals surface area (Å²) in [6.45, 7) is 1.30. The van der Waals surface area contributed by atoms with Crippen LogP contribution in [-0.2, 0) is 14.3 Å². The van der Waals surface area contributed by atoms with Crippen LogP contribution in [0, 0.1) is 0 Å². The highest BCUT2D eigenvalue weighted by molar-refractivity contribution is 6.30. The van der Waals surface area contributed by atoms with Crippen LogP contribution in [0.4, 0.5) is 0 Å². The number of hydrogen-bond acceptors (Lipinski definition) is 9. The molecule has 4 unspecified atom stereocenters. The Hall–Kier alpha value is -3.87. The molecule has 4 aromatic rings. The fourth-order valence-electron chi connectivity index (χ4n) is 7.74. The molecule has 4 heterocycles. The lowest BCUT2D eigenvalue weighted by atomic mass is 9.92. The molecule has 3 aliphatic rings. The van der Waals surface area contributed by atoms with Crippen molar-refractivity contribution in [3.05, 3.63) is 131 Å². The van der Waals surface area contributed by atoms with Gasteiger partial charge in [-0.05, 0) is 87.2 Å². The molecule has 11 heteroatoms. The fraction of sp³-hybridized carbons (Fsp3) is 0.442. The predicted molar refractivity (Wildman–Crippen MR) is 211 cm³/mol. The number of phenols is 1. The molecular weight excluding hydrogens is 704 g/mol. The van der Waals surface area contributed by atoms with Crippen LogP contribution < -0.4 is 5.32 Å². The molecule has 3 aliphatic heterocycles. The number of nitrogens with zero attached hydrogens (tertiary/aromatic N) is 3. The highest BCUT2D eigenvalue weighted by Gasteiger charge is 2.70. The molecule has 3 fully saturated rings. The van der Waals surface area contributed by atoms with E-state index in [2.05, 4.69) is 61.6 Å². The number of likely N-dealkylation sites (N-methyl/N-ethyl adjacent to an activating group) is 2. The number of carbonyl (C=O) groups excluding carboxylic acids is 1. The third kappa shape index (κ3) is 10.7. The van der Waals surface area contributed by atoms with Crippen LogP contribution in [0.25, 0.3) is 0 Å². The third-order valence-electron chi connectivity index (χ3n) is 10.8. The SMILES string of the molecule is CN(C)CCC(c1ccc(Cl)cc1)c1ccccn1.CNC[C@H](O)c1cccc(O)c1.C[N+]1(C)[C@@H]2CC(OC(=O)[C@H](CO)c3ccccc3)C[C@H]1C1OC12. The van der Waals surface area contributed by atoms with Crippen molar-refractivity contribution in [3.63, 3.8) is 0 Å². The van der Waals surface area contributed by atoms with Gasteiger partial charge in [0.25, 0.3) is 0 Å². The number of pyridine rings is 1. The van der Waals surface area contributed by atoms with Gasteiger partial charge in [0.05, 0.1) is 26.8 Å². The molecule has 0 amide bonds. The number of epoxide rings is 1. The third-order valence-corrected chi connectivity index (χ3v) is 11.1. The van der Waals surface area contributed by atoms with Crippen LogP contribution in [0.2, 0.25) is 5.02 Å². The summed E-state index contributed by atoms with van der Waals surface area (Å²) in [7, 11) is 10.5. The minimum absolute atomic E-state index is 0.0576. The topological polar surface area (TPSA) is 128 Å². The summed E-state index contributed by atoms with van der Waals surface area (Å²) in [6, 6.07) is 31.0. The van der Waals surface area contributed by atoms with Gasteiger partial charge in [0.15, 0.2) is 0 Å². The smallest absolute Gasteiger partial charge is 0.316 e. The average molecular weight is 760 g/mol. The first kappa shape index (κ1) is 41.3. The maximum atomic E-state index is 12.5. The number of benzene rings is 3. The largest absolute Gasteiger partial charge is 0.508 e. The summed E-state index contributed by atoms with van der Waals surface area (Å²) in [4.78, 5) is 19.2. The number of quaternary nitrogens is 1. The number of halogens is 1. The van der Waals surface area contributed by atoms with Crippen LogP contribution in [0.1, 0.15) is 59.6 Å². The van der Waals surface area contributed by atoms with Gasteiger partial charge in [-0.1, -0.05) is 72.3 Å². The number of nitrogens with one attached hydrogen (secondary N) is 1. The lowest BCUT2D eigenvalue weighted by molar-refractivity contribution is -0.938. The van der Waals surface area contributed by atoms with Gasteiger partial charge in [-0.25, -0.2) is 0 Å². The number of esters is 1. The van der Waals surface area contributed by atoms with Crippen LogP contribution in [0.5, 0.6) is 5.75 Å². The molecule has 0 radical (unpaired) electrons. The normalized spacial score (nSPS) is 23.4. The highest BCUT2D eigenvalue weighted by atomic mass is 35.5. The van der Waals surface area contributed by atoms with Gasteiger partial charge in [0.1, 0.15) is 42.1 Å². The van der Waals surface area contributed by atoms with Crippen LogP contribution in [-0.4, -0.2) is 121 Å². The number of fused-ring (bicyclic) bond motifs is 5. The lowest BCUT2D eigenvalue weighted by Crippen LogP contribution is -2.60. The Bertz CT molecular complexity index is 1730. The van der Waals surface area contributed by atoms with E-state index in [-0.39, 0.29) is 24.4 Å². The molecule has 0 aliphatic carbocycles. The summed E-state index contributed by atoms with van der Waals surface area (Å²) >= 11 is 5.97. The van der Waals surface area contributed by atoms with Crippen molar-refractivity contribution in [3.8, 4) is 5.75 Å². The second-order valence-electron chi connectivity index (χ2n) is 15.1. The standard InChI is InChI=1S/C18H24NO4.C16H19ClN2.C9H13NO2/c1-19(2)14-8-12(9-15(19)17-16(14)23-17)22-18(21)13(10-20)11-6-4-3-5-7-11;1-19(2)12-10-15(16-5-3-4-11-18-16)13-6-8-14(17)9-7-13;1-10-6-9(12)7-3-2-4-8(11)5-7/h3-7,12-17,20H,8-10H2,1-2H3;3-9,11,15H,10,12H2,1-2H3;2-5,9-12H,6H2,1H3/q+1;;/t12?,13-,14-,15+,16?,17?;;9-/m1.0/s1. The Morgan fingerprint density at radius 1 is 0.944 bits per heavy atom. The van der Waals surface area contributed by atoms with E-state index in [4.69, 9.17) is 26.2 Å². The molecule has 290 valence electrons. The number of morpholine rings is 1. The average Bonchev–Trinajstić information content (AvgIpc) is 3.93. The van der Waals surface area contributed by atoms with Gasteiger partial charge >= 0.3 is 5.97 Å². The predicted octanol–water partition coefficient (Wildman–Crippen LogP) is 5.53. The van der Waals surface area contributed by atoms with Crippen molar-refractivity contribution in [1.82, 2.24) is 15.2 Å². The van der Waals surface area contributed by atoms with Gasteiger partial charge in [-0.15, -0.1) is 0 Å². The Morgan fingerprint density at radius 2 is 1.59 bits per heavy atom. The molecule has 4 N–H and O–H groups in total. The Balaban J connectivity index is 0.000000164. The van der Waals surface area contributed by atoms with Crippen LogP contribution in [0.15, 0.2) is 103 Å². The van der Waals surface area contributed by atoms with Gasteiger partial charge in [-0.2, -0.15) is 0 Å². The number of aromatic hydroxyl groups is 1. The first-order valence-electron chi connectivity index (χ1n) is 18.7. The van der Waals surface area contributed by atoms with E-state index in [1.165, 1.54) is 5.56 Å². The number of aliphatic hydroxyl groups is 2. The van der Waals surface area contributed by atoms with E-state index in [0.717, 1.165) is 52.1 Å². The first-order chi connectivity index (χ1) is 25.9. The molecule has 0 spiro atoms. The molecule has 3 aromatic carbocycles. The summed E-state index contributed by atoms with van der Waals surface area (Å²) in [5.74, 6) is -0.405. The van der Waals surface area contributed by atoms with Gasteiger partial charge in [0, 0.05) is 42.2 Å². The Labute approximate surface area is 324 Å². The van der Waals surface area contributed by atoms with E-state index >= 15 is 0 Å². The number of aliphatic hydroxyl groups excluding tert-OH is 2. The molecule has 3 saturated heterocycles. The maximum Gasteiger partial charge on any atom is 0.316 e. The number of phenolic OH excluding ortho intramolecular Hbond substituents is 1. The molecule has 10 nitrogen and oxygen atoms in total. The molecule has 8 atom stereocenters. The van der Waals surface area contributed by atoms with Crippen molar-refractivity contribution in [2.45, 2.75) is 67.6 Å². The minimum Gasteiger partial charge on any atom is -0.508 e. The zero-order valence-electron chi connectivity index (χ0n) is 32.0. The number of rotatable bonds is 12. The number of ether oxygens (including phenoxy) is 2. The maximum absolute atomic E-state index is 12.5. The van der Waals surface area contributed by atoms with Gasteiger partial charge in [0.2, 0.25) is 0 Å². The lowest BCUT2D eigenvalue weighted by Gasteiger charge is -2.45. The molecule has 1 aromatic heterocycles. The number of piperidine rings is 1. The van der Waals surface area contributed by atoms with Crippen molar-refractivity contribution in [2.24, 2.45) is 0 Å². The van der Waals surface area contributed by atoms with E-state index in [1.54, 1.807) is 31.3 Å². The quantitative estimate of drug-likeness (QED) is 0.0839. The van der Waals surface area contributed by atoms with Crippen LogP contribution in [0.3, 0.4) is 0 Å². The van der Waals surface area contributed by atoms with Crippen LogP contribution >= 0.6 is 11.6 Å². The Morgan fingerprint density at radius 3 is 2.17 bits per heavy atom.